The normalized spacial score (nSPS) is 14.4. The van der Waals surface area contributed by atoms with E-state index in [0.29, 0.717) is 12.0 Å². The molecule has 0 unspecified atom stereocenters. The van der Waals surface area contributed by atoms with E-state index < -0.39 is 5.91 Å². The number of anilines is 1. The molecule has 3 rings (SSSR count). The lowest BCUT2D eigenvalue weighted by atomic mass is 10.1. The number of carbonyl (C=O) groups excluding carboxylic acids is 2. The quantitative estimate of drug-likeness (QED) is 0.908. The molecular weight excluding hydrogens is 314 g/mol. The van der Waals surface area contributed by atoms with Crippen LogP contribution in [0.3, 0.4) is 0 Å². The summed E-state index contributed by atoms with van der Waals surface area (Å²) >= 11 is 0. The SMILES string of the molecule is NC(=O)c1ccc(N2CCN(C(=O)CCc3ccccc3)CC2)cc1. The first-order valence-corrected chi connectivity index (χ1v) is 8.60. The van der Waals surface area contributed by atoms with Gasteiger partial charge in [-0.1, -0.05) is 30.3 Å². The highest BCUT2D eigenvalue weighted by atomic mass is 16.2. The van der Waals surface area contributed by atoms with E-state index in [-0.39, 0.29) is 5.91 Å². The molecule has 0 saturated carbocycles. The van der Waals surface area contributed by atoms with Gasteiger partial charge in [-0.15, -0.1) is 0 Å². The van der Waals surface area contributed by atoms with Crippen LogP contribution in [0.5, 0.6) is 0 Å². The summed E-state index contributed by atoms with van der Waals surface area (Å²) in [6.07, 6.45) is 1.34. The van der Waals surface area contributed by atoms with Gasteiger partial charge in [0.1, 0.15) is 0 Å². The number of rotatable bonds is 5. The minimum absolute atomic E-state index is 0.215. The Balaban J connectivity index is 1.49. The number of piperazine rings is 1. The molecule has 1 fully saturated rings. The Morgan fingerprint density at radius 1 is 0.880 bits per heavy atom. The predicted octanol–water partition coefficient (Wildman–Crippen LogP) is 2.07. The van der Waals surface area contributed by atoms with E-state index in [4.69, 9.17) is 5.73 Å². The highest BCUT2D eigenvalue weighted by molar-refractivity contribution is 5.93. The highest BCUT2D eigenvalue weighted by Gasteiger charge is 2.21. The van der Waals surface area contributed by atoms with Crippen LogP contribution in [0.2, 0.25) is 0 Å². The van der Waals surface area contributed by atoms with Crippen LogP contribution in [0.15, 0.2) is 54.6 Å². The van der Waals surface area contributed by atoms with Gasteiger partial charge in [-0.2, -0.15) is 0 Å². The lowest BCUT2D eigenvalue weighted by Gasteiger charge is -2.36. The zero-order valence-electron chi connectivity index (χ0n) is 14.2. The maximum absolute atomic E-state index is 12.4. The van der Waals surface area contributed by atoms with Gasteiger partial charge >= 0.3 is 0 Å². The van der Waals surface area contributed by atoms with Crippen LogP contribution in [0.1, 0.15) is 22.3 Å². The van der Waals surface area contributed by atoms with Gasteiger partial charge < -0.3 is 15.5 Å². The molecule has 25 heavy (non-hydrogen) atoms. The van der Waals surface area contributed by atoms with E-state index in [9.17, 15) is 9.59 Å². The third-order valence-electron chi connectivity index (χ3n) is 4.62. The van der Waals surface area contributed by atoms with Crippen molar-refractivity contribution >= 4 is 17.5 Å². The van der Waals surface area contributed by atoms with Crippen LogP contribution < -0.4 is 10.6 Å². The molecule has 1 heterocycles. The fourth-order valence-corrected chi connectivity index (χ4v) is 3.10. The lowest BCUT2D eigenvalue weighted by molar-refractivity contribution is -0.131. The lowest BCUT2D eigenvalue weighted by Crippen LogP contribution is -2.48. The van der Waals surface area contributed by atoms with Crippen LogP contribution in [-0.4, -0.2) is 42.9 Å². The molecule has 5 nitrogen and oxygen atoms in total. The van der Waals surface area contributed by atoms with Crippen molar-refractivity contribution in [1.29, 1.82) is 0 Å². The number of aryl methyl sites for hydroxylation is 1. The number of primary amides is 1. The van der Waals surface area contributed by atoms with Gasteiger partial charge in [0.05, 0.1) is 0 Å². The van der Waals surface area contributed by atoms with Gasteiger partial charge in [-0.25, -0.2) is 0 Å². The molecule has 2 aromatic carbocycles. The maximum Gasteiger partial charge on any atom is 0.248 e. The van der Waals surface area contributed by atoms with Crippen molar-refractivity contribution in [3.63, 3.8) is 0 Å². The first-order chi connectivity index (χ1) is 12.1. The fourth-order valence-electron chi connectivity index (χ4n) is 3.10. The second-order valence-electron chi connectivity index (χ2n) is 6.26. The minimum atomic E-state index is -0.416. The summed E-state index contributed by atoms with van der Waals surface area (Å²) in [6, 6.07) is 17.4. The van der Waals surface area contributed by atoms with E-state index in [1.807, 2.05) is 35.2 Å². The Morgan fingerprint density at radius 2 is 1.52 bits per heavy atom. The average molecular weight is 337 g/mol. The van der Waals surface area contributed by atoms with E-state index >= 15 is 0 Å². The number of benzene rings is 2. The zero-order chi connectivity index (χ0) is 17.6. The topological polar surface area (TPSA) is 66.6 Å². The van der Waals surface area contributed by atoms with Crippen LogP contribution >= 0.6 is 0 Å². The Bertz CT molecular complexity index is 720. The second-order valence-corrected chi connectivity index (χ2v) is 6.26. The molecule has 5 heteroatoms. The van der Waals surface area contributed by atoms with Crippen molar-refractivity contribution in [1.82, 2.24) is 4.90 Å². The predicted molar refractivity (Wildman–Crippen MR) is 98.5 cm³/mol. The molecular formula is C20H23N3O2. The third kappa shape index (κ3) is 4.38. The Hall–Kier alpha value is -2.82. The summed E-state index contributed by atoms with van der Waals surface area (Å²) in [6.45, 7) is 3.05. The molecule has 1 aliphatic heterocycles. The zero-order valence-corrected chi connectivity index (χ0v) is 14.2. The number of hydrogen-bond acceptors (Lipinski definition) is 3. The third-order valence-corrected chi connectivity index (χ3v) is 4.62. The summed E-state index contributed by atoms with van der Waals surface area (Å²) in [4.78, 5) is 27.7. The molecule has 2 N–H and O–H groups in total. The van der Waals surface area contributed by atoms with Crippen molar-refractivity contribution < 1.29 is 9.59 Å². The Morgan fingerprint density at radius 3 is 2.12 bits per heavy atom. The average Bonchev–Trinajstić information content (AvgIpc) is 2.67. The van der Waals surface area contributed by atoms with Gasteiger partial charge in [0.25, 0.3) is 0 Å². The van der Waals surface area contributed by atoms with E-state index in [1.165, 1.54) is 5.56 Å². The van der Waals surface area contributed by atoms with Crippen molar-refractivity contribution in [2.45, 2.75) is 12.8 Å². The standard InChI is InChI=1S/C20H23N3O2/c21-20(25)17-7-9-18(10-8-17)22-12-14-23(15-13-22)19(24)11-6-16-4-2-1-3-5-16/h1-5,7-10H,6,11-15H2,(H2,21,25). The molecule has 0 aliphatic carbocycles. The monoisotopic (exact) mass is 337 g/mol. The molecule has 0 spiro atoms. The largest absolute Gasteiger partial charge is 0.368 e. The van der Waals surface area contributed by atoms with Gasteiger partial charge in [0, 0.05) is 43.9 Å². The molecule has 0 aromatic heterocycles. The number of amides is 2. The smallest absolute Gasteiger partial charge is 0.248 e. The summed E-state index contributed by atoms with van der Waals surface area (Å²) < 4.78 is 0. The van der Waals surface area contributed by atoms with Crippen LogP contribution in [-0.2, 0) is 11.2 Å². The molecule has 1 saturated heterocycles. The van der Waals surface area contributed by atoms with Crippen molar-refractivity contribution in [2.24, 2.45) is 5.73 Å². The fraction of sp³-hybridized carbons (Fsp3) is 0.300. The van der Waals surface area contributed by atoms with E-state index in [2.05, 4.69) is 17.0 Å². The Kier molecular flexibility index (Phi) is 5.33. The van der Waals surface area contributed by atoms with Crippen LogP contribution in [0.25, 0.3) is 0 Å². The van der Waals surface area contributed by atoms with E-state index in [1.54, 1.807) is 12.1 Å². The molecule has 0 radical (unpaired) electrons. The Labute approximate surface area is 148 Å². The first kappa shape index (κ1) is 17.0. The molecule has 1 aliphatic rings. The van der Waals surface area contributed by atoms with Crippen molar-refractivity contribution in [3.05, 3.63) is 65.7 Å². The van der Waals surface area contributed by atoms with Gasteiger partial charge in [0.15, 0.2) is 0 Å². The maximum atomic E-state index is 12.4. The van der Waals surface area contributed by atoms with E-state index in [0.717, 1.165) is 38.3 Å². The van der Waals surface area contributed by atoms with Crippen molar-refractivity contribution in [2.75, 3.05) is 31.1 Å². The molecule has 130 valence electrons. The number of hydrogen-bond donors (Lipinski definition) is 1. The second kappa shape index (κ2) is 7.83. The number of carbonyl (C=O) groups is 2. The summed E-state index contributed by atoms with van der Waals surface area (Å²) in [5, 5.41) is 0. The first-order valence-electron chi connectivity index (χ1n) is 8.60. The minimum Gasteiger partial charge on any atom is -0.368 e. The molecule has 2 aromatic rings. The van der Waals surface area contributed by atoms with Gasteiger partial charge in [-0.05, 0) is 36.2 Å². The molecule has 2 amide bonds. The molecule has 0 bridgehead atoms. The van der Waals surface area contributed by atoms with Crippen LogP contribution in [0, 0.1) is 0 Å². The van der Waals surface area contributed by atoms with Gasteiger partial charge in [-0.3, -0.25) is 9.59 Å². The van der Waals surface area contributed by atoms with Crippen LogP contribution in [0.4, 0.5) is 5.69 Å². The number of nitrogens with two attached hydrogens (primary N) is 1. The van der Waals surface area contributed by atoms with Gasteiger partial charge in [0.2, 0.25) is 11.8 Å². The summed E-state index contributed by atoms with van der Waals surface area (Å²) in [5.41, 5.74) is 8.04. The summed E-state index contributed by atoms with van der Waals surface area (Å²) in [5.74, 6) is -0.201. The number of nitrogens with zero attached hydrogens (tertiary/aromatic N) is 2. The van der Waals surface area contributed by atoms with Crippen molar-refractivity contribution in [3.8, 4) is 0 Å². The molecule has 0 atom stereocenters. The summed E-state index contributed by atoms with van der Waals surface area (Å²) in [7, 11) is 0. The highest BCUT2D eigenvalue weighted by Crippen LogP contribution is 2.18.